The van der Waals surface area contributed by atoms with Gasteiger partial charge < -0.3 is 5.73 Å². The molecule has 11 heavy (non-hydrogen) atoms. The summed E-state index contributed by atoms with van der Waals surface area (Å²) in [6, 6.07) is -0.162. The molecular formula is C9H17NO. The van der Waals surface area contributed by atoms with Crippen molar-refractivity contribution in [1.82, 2.24) is 0 Å². The Hall–Kier alpha value is -0.370. The first-order chi connectivity index (χ1) is 5.16. The lowest BCUT2D eigenvalue weighted by Gasteiger charge is -2.13. The summed E-state index contributed by atoms with van der Waals surface area (Å²) in [6.07, 6.45) is 3.23. The Bertz CT molecular complexity index is 152. The number of nitrogens with two attached hydrogens (primary N) is 1. The van der Waals surface area contributed by atoms with E-state index >= 15 is 0 Å². The van der Waals surface area contributed by atoms with Crippen LogP contribution in [0.25, 0.3) is 0 Å². The van der Waals surface area contributed by atoms with Crippen molar-refractivity contribution in [2.75, 3.05) is 0 Å². The fourth-order valence-electron chi connectivity index (χ4n) is 1.22. The molecule has 1 rings (SSSR count). The molecule has 0 radical (unpaired) electrons. The van der Waals surface area contributed by atoms with Crippen LogP contribution >= 0.6 is 0 Å². The minimum atomic E-state index is -0.162. The fraction of sp³-hybridized carbons (Fsp3) is 0.889. The van der Waals surface area contributed by atoms with E-state index in [0.717, 1.165) is 19.3 Å². The van der Waals surface area contributed by atoms with Crippen molar-refractivity contribution in [1.29, 1.82) is 0 Å². The summed E-state index contributed by atoms with van der Waals surface area (Å²) in [5, 5.41) is 0. The number of hydrogen-bond donors (Lipinski definition) is 1. The first-order valence-corrected chi connectivity index (χ1v) is 4.46. The van der Waals surface area contributed by atoms with Crippen molar-refractivity contribution in [3.8, 4) is 0 Å². The molecule has 1 fully saturated rings. The van der Waals surface area contributed by atoms with Gasteiger partial charge in [-0.3, -0.25) is 4.79 Å². The van der Waals surface area contributed by atoms with Crippen molar-refractivity contribution in [2.45, 2.75) is 39.2 Å². The van der Waals surface area contributed by atoms with Gasteiger partial charge in [0, 0.05) is 5.92 Å². The molecule has 0 amide bonds. The zero-order valence-electron chi connectivity index (χ0n) is 7.34. The van der Waals surface area contributed by atoms with E-state index in [0.29, 0.717) is 5.92 Å². The van der Waals surface area contributed by atoms with Gasteiger partial charge in [0.05, 0.1) is 6.04 Å². The molecule has 0 heterocycles. The number of Topliss-reactive ketones (excluding diaryl/α,β-unsaturated/α-hetero) is 1. The maximum atomic E-state index is 11.4. The molecule has 2 atom stereocenters. The summed E-state index contributed by atoms with van der Waals surface area (Å²) in [6.45, 7) is 3.99. The molecule has 64 valence electrons. The zero-order chi connectivity index (χ0) is 8.43. The second-order valence-electron chi connectivity index (χ2n) is 3.57. The van der Waals surface area contributed by atoms with Crippen LogP contribution in [0.4, 0.5) is 0 Å². The zero-order valence-corrected chi connectivity index (χ0v) is 7.34. The average molecular weight is 155 g/mol. The third-order valence-corrected chi connectivity index (χ3v) is 2.56. The third kappa shape index (κ3) is 2.03. The van der Waals surface area contributed by atoms with Gasteiger partial charge in [-0.25, -0.2) is 0 Å². The summed E-state index contributed by atoms with van der Waals surface area (Å²) >= 11 is 0. The monoisotopic (exact) mass is 155 g/mol. The molecule has 1 saturated carbocycles. The molecule has 1 aliphatic rings. The maximum absolute atomic E-state index is 11.4. The molecule has 0 aliphatic heterocycles. The van der Waals surface area contributed by atoms with E-state index in [4.69, 9.17) is 5.73 Å². The van der Waals surface area contributed by atoms with E-state index < -0.39 is 0 Å². The first kappa shape index (κ1) is 8.72. The molecule has 0 saturated heterocycles. The Morgan fingerprint density at radius 3 is 2.55 bits per heavy atom. The summed E-state index contributed by atoms with van der Waals surface area (Å²) in [5.74, 6) is 0.928. The molecule has 2 heteroatoms. The van der Waals surface area contributed by atoms with Crippen LogP contribution in [0, 0.1) is 11.8 Å². The number of carbonyl (C=O) groups excluding carboxylic acids is 1. The van der Waals surface area contributed by atoms with Crippen molar-refractivity contribution in [3.05, 3.63) is 0 Å². The number of carbonyl (C=O) groups is 1. The van der Waals surface area contributed by atoms with E-state index in [1.807, 2.05) is 13.8 Å². The van der Waals surface area contributed by atoms with Crippen molar-refractivity contribution >= 4 is 5.78 Å². The summed E-state index contributed by atoms with van der Waals surface area (Å²) in [4.78, 5) is 11.4. The minimum Gasteiger partial charge on any atom is -0.321 e. The van der Waals surface area contributed by atoms with Crippen LogP contribution in [0.1, 0.15) is 33.1 Å². The molecule has 0 aromatic carbocycles. The second-order valence-corrected chi connectivity index (χ2v) is 3.57. The largest absolute Gasteiger partial charge is 0.321 e. The molecule has 2 nitrogen and oxygen atoms in total. The summed E-state index contributed by atoms with van der Waals surface area (Å²) in [5.41, 5.74) is 5.75. The van der Waals surface area contributed by atoms with Gasteiger partial charge in [-0.15, -0.1) is 0 Å². The van der Waals surface area contributed by atoms with E-state index in [-0.39, 0.29) is 17.7 Å². The van der Waals surface area contributed by atoms with Crippen LogP contribution in [0.2, 0.25) is 0 Å². The Kier molecular flexibility index (Phi) is 2.66. The highest BCUT2D eigenvalue weighted by Crippen LogP contribution is 2.32. The highest BCUT2D eigenvalue weighted by molar-refractivity contribution is 5.86. The van der Waals surface area contributed by atoms with Crippen LogP contribution in [-0.2, 0) is 4.79 Å². The molecular weight excluding hydrogens is 138 g/mol. The Balaban J connectivity index is 2.38. The predicted molar refractivity (Wildman–Crippen MR) is 45.2 cm³/mol. The summed E-state index contributed by atoms with van der Waals surface area (Å²) < 4.78 is 0. The van der Waals surface area contributed by atoms with Crippen LogP contribution in [0.15, 0.2) is 0 Å². The van der Waals surface area contributed by atoms with E-state index in [2.05, 4.69) is 0 Å². The topological polar surface area (TPSA) is 43.1 Å². The lowest BCUT2D eigenvalue weighted by atomic mass is 9.95. The first-order valence-electron chi connectivity index (χ1n) is 4.46. The lowest BCUT2D eigenvalue weighted by molar-refractivity contribution is -0.124. The highest BCUT2D eigenvalue weighted by Gasteiger charge is 2.34. The third-order valence-electron chi connectivity index (χ3n) is 2.56. The molecule has 2 unspecified atom stereocenters. The van der Waals surface area contributed by atoms with Crippen LogP contribution < -0.4 is 5.73 Å². The van der Waals surface area contributed by atoms with Crippen LogP contribution in [0.3, 0.4) is 0 Å². The lowest BCUT2D eigenvalue weighted by Crippen LogP contribution is -2.36. The van der Waals surface area contributed by atoms with Gasteiger partial charge >= 0.3 is 0 Å². The normalized spacial score (nSPS) is 22.8. The van der Waals surface area contributed by atoms with Gasteiger partial charge in [-0.05, 0) is 25.2 Å². The Morgan fingerprint density at radius 1 is 1.64 bits per heavy atom. The Morgan fingerprint density at radius 2 is 2.18 bits per heavy atom. The minimum absolute atomic E-state index is 0.158. The highest BCUT2D eigenvalue weighted by atomic mass is 16.1. The maximum Gasteiger partial charge on any atom is 0.152 e. The molecule has 0 aromatic rings. The van der Waals surface area contributed by atoms with Gasteiger partial charge in [-0.2, -0.15) is 0 Å². The van der Waals surface area contributed by atoms with Gasteiger partial charge in [0.15, 0.2) is 5.78 Å². The second kappa shape index (κ2) is 3.35. The van der Waals surface area contributed by atoms with Crippen LogP contribution in [0.5, 0.6) is 0 Å². The van der Waals surface area contributed by atoms with Crippen molar-refractivity contribution < 1.29 is 4.79 Å². The molecule has 0 aromatic heterocycles. The SMILES string of the molecule is CCC(C)C(=O)C(N)C1CC1. The van der Waals surface area contributed by atoms with Gasteiger partial charge in [-0.1, -0.05) is 13.8 Å². The van der Waals surface area contributed by atoms with Crippen molar-refractivity contribution in [3.63, 3.8) is 0 Å². The van der Waals surface area contributed by atoms with E-state index in [1.165, 1.54) is 0 Å². The molecule has 1 aliphatic carbocycles. The van der Waals surface area contributed by atoms with E-state index in [1.54, 1.807) is 0 Å². The Labute approximate surface area is 68.2 Å². The van der Waals surface area contributed by atoms with E-state index in [9.17, 15) is 4.79 Å². The number of rotatable bonds is 4. The quantitative estimate of drug-likeness (QED) is 0.665. The van der Waals surface area contributed by atoms with Gasteiger partial charge in [0.25, 0.3) is 0 Å². The van der Waals surface area contributed by atoms with Crippen LogP contribution in [-0.4, -0.2) is 11.8 Å². The molecule has 0 spiro atoms. The number of ketones is 1. The predicted octanol–water partition coefficient (Wildman–Crippen LogP) is 1.34. The average Bonchev–Trinajstić information content (AvgIpc) is 2.82. The standard InChI is InChI=1S/C9H17NO/c1-3-6(2)9(11)8(10)7-4-5-7/h6-8H,3-5,10H2,1-2H3. The summed E-state index contributed by atoms with van der Waals surface area (Å²) in [7, 11) is 0. The molecule has 2 N–H and O–H groups in total. The number of hydrogen-bond acceptors (Lipinski definition) is 2. The van der Waals surface area contributed by atoms with Crippen molar-refractivity contribution in [2.24, 2.45) is 17.6 Å². The fourth-order valence-corrected chi connectivity index (χ4v) is 1.22. The van der Waals surface area contributed by atoms with Gasteiger partial charge in [0.1, 0.15) is 0 Å². The smallest absolute Gasteiger partial charge is 0.152 e. The molecule has 0 bridgehead atoms. The van der Waals surface area contributed by atoms with Gasteiger partial charge in [0.2, 0.25) is 0 Å².